The second kappa shape index (κ2) is 8.15. The molecule has 1 aliphatic rings. The van der Waals surface area contributed by atoms with Crippen LogP contribution in [0.3, 0.4) is 0 Å². The maximum absolute atomic E-state index is 5.91. The molecule has 1 heterocycles. The van der Waals surface area contributed by atoms with Gasteiger partial charge in [0.15, 0.2) is 11.5 Å². The van der Waals surface area contributed by atoms with Gasteiger partial charge in [-0.3, -0.25) is 0 Å². The van der Waals surface area contributed by atoms with Crippen LogP contribution in [0.2, 0.25) is 0 Å². The van der Waals surface area contributed by atoms with Crippen molar-refractivity contribution in [3.05, 3.63) is 59.7 Å². The van der Waals surface area contributed by atoms with Crippen molar-refractivity contribution in [2.24, 2.45) is 0 Å². The van der Waals surface area contributed by atoms with E-state index >= 15 is 0 Å². The van der Waals surface area contributed by atoms with Gasteiger partial charge in [-0.1, -0.05) is 42.5 Å². The number of thiocarbonyl (C=S) groups is 1. The number of methoxy groups -OCH3 is 1. The van der Waals surface area contributed by atoms with Crippen molar-refractivity contribution in [2.75, 3.05) is 20.2 Å². The molecule has 1 fully saturated rings. The fourth-order valence-corrected chi connectivity index (χ4v) is 3.24. The van der Waals surface area contributed by atoms with E-state index in [0.717, 1.165) is 40.7 Å². The third kappa shape index (κ3) is 4.06. The van der Waals surface area contributed by atoms with Gasteiger partial charge < -0.3 is 14.4 Å². The van der Waals surface area contributed by atoms with Gasteiger partial charge in [-0.2, -0.15) is 0 Å². The molecule has 0 unspecified atom stereocenters. The lowest BCUT2D eigenvalue weighted by Crippen LogP contribution is -2.34. The molecule has 0 saturated carbocycles. The van der Waals surface area contributed by atoms with Crippen LogP contribution in [0.5, 0.6) is 11.5 Å². The van der Waals surface area contributed by atoms with Gasteiger partial charge in [-0.05, 0) is 43.0 Å². The van der Waals surface area contributed by atoms with Crippen LogP contribution < -0.4 is 9.47 Å². The minimum Gasteiger partial charge on any atom is -0.493 e. The average Bonchev–Trinajstić information content (AvgIpc) is 2.67. The lowest BCUT2D eigenvalue weighted by molar-refractivity contribution is 0.284. The quantitative estimate of drug-likeness (QED) is 0.750. The number of hydrogen-bond acceptors (Lipinski definition) is 3. The summed E-state index contributed by atoms with van der Waals surface area (Å²) < 4.78 is 11.4. The van der Waals surface area contributed by atoms with Crippen molar-refractivity contribution in [1.82, 2.24) is 4.90 Å². The van der Waals surface area contributed by atoms with Gasteiger partial charge in [0.05, 0.1) is 7.11 Å². The molecule has 1 saturated heterocycles. The van der Waals surface area contributed by atoms with Crippen LogP contribution in [0.1, 0.15) is 30.4 Å². The molecule has 0 N–H and O–H groups in total. The largest absolute Gasteiger partial charge is 0.493 e. The first-order valence-corrected chi connectivity index (χ1v) is 8.83. The summed E-state index contributed by atoms with van der Waals surface area (Å²) in [5.74, 6) is 1.47. The van der Waals surface area contributed by atoms with Crippen LogP contribution >= 0.6 is 12.2 Å². The van der Waals surface area contributed by atoms with E-state index in [9.17, 15) is 0 Å². The van der Waals surface area contributed by atoms with E-state index in [1.807, 2.05) is 48.5 Å². The zero-order valence-electron chi connectivity index (χ0n) is 14.0. The smallest absolute Gasteiger partial charge is 0.161 e. The number of hydrogen-bond donors (Lipinski definition) is 0. The summed E-state index contributed by atoms with van der Waals surface area (Å²) >= 11 is 5.66. The minimum atomic E-state index is 0.521. The summed E-state index contributed by atoms with van der Waals surface area (Å²) in [7, 11) is 1.67. The monoisotopic (exact) mass is 341 g/mol. The highest BCUT2D eigenvalue weighted by atomic mass is 32.1. The average molecular weight is 341 g/mol. The molecule has 2 aromatic rings. The Balaban J connectivity index is 1.71. The zero-order valence-corrected chi connectivity index (χ0v) is 14.8. The molecule has 2 aromatic carbocycles. The number of ether oxygens (including phenoxy) is 2. The van der Waals surface area contributed by atoms with Crippen molar-refractivity contribution >= 4 is 17.2 Å². The first-order chi connectivity index (χ1) is 11.8. The van der Waals surface area contributed by atoms with Gasteiger partial charge in [0.25, 0.3) is 0 Å². The van der Waals surface area contributed by atoms with Crippen molar-refractivity contribution < 1.29 is 9.47 Å². The molecule has 0 bridgehead atoms. The van der Waals surface area contributed by atoms with Crippen molar-refractivity contribution in [3.63, 3.8) is 0 Å². The molecule has 0 radical (unpaired) electrons. The molecule has 0 spiro atoms. The van der Waals surface area contributed by atoms with Gasteiger partial charge in [0.1, 0.15) is 11.6 Å². The highest BCUT2D eigenvalue weighted by Crippen LogP contribution is 2.30. The second-order valence-electron chi connectivity index (χ2n) is 5.99. The van der Waals surface area contributed by atoms with Crippen LogP contribution in [0.15, 0.2) is 48.5 Å². The number of nitrogens with zero attached hydrogens (tertiary/aromatic N) is 1. The molecule has 24 heavy (non-hydrogen) atoms. The third-order valence-electron chi connectivity index (χ3n) is 4.29. The van der Waals surface area contributed by atoms with Crippen LogP contribution in [0.4, 0.5) is 0 Å². The molecule has 0 amide bonds. The summed E-state index contributed by atoms with van der Waals surface area (Å²) in [5, 5.41) is 0. The molecule has 3 nitrogen and oxygen atoms in total. The number of rotatable bonds is 5. The molecule has 3 rings (SSSR count). The lowest BCUT2D eigenvalue weighted by atomic mass is 10.1. The molecular formula is C20H23NO2S. The number of likely N-dealkylation sites (tertiary alicyclic amines) is 1. The first-order valence-electron chi connectivity index (χ1n) is 8.42. The summed E-state index contributed by atoms with van der Waals surface area (Å²) in [4.78, 5) is 3.19. The van der Waals surface area contributed by atoms with E-state index in [4.69, 9.17) is 21.7 Å². The van der Waals surface area contributed by atoms with Crippen LogP contribution in [0, 0.1) is 0 Å². The summed E-state index contributed by atoms with van der Waals surface area (Å²) in [5.41, 5.74) is 2.16. The van der Waals surface area contributed by atoms with E-state index < -0.39 is 0 Å². The predicted molar refractivity (Wildman–Crippen MR) is 101 cm³/mol. The lowest BCUT2D eigenvalue weighted by Gasteiger charge is -2.29. The van der Waals surface area contributed by atoms with Crippen LogP contribution in [-0.2, 0) is 6.61 Å². The van der Waals surface area contributed by atoms with E-state index in [0.29, 0.717) is 6.61 Å². The van der Waals surface area contributed by atoms with E-state index in [-0.39, 0.29) is 0 Å². The standard InChI is InChI=1S/C20H23NO2S/c1-22-19-14-17(20(24)21-12-6-3-7-13-21)10-11-18(19)23-15-16-8-4-2-5-9-16/h2,4-5,8-11,14H,3,6-7,12-13,15H2,1H3. The molecule has 0 atom stereocenters. The molecular weight excluding hydrogens is 318 g/mol. The normalized spacial score (nSPS) is 14.3. The van der Waals surface area contributed by atoms with E-state index in [2.05, 4.69) is 4.90 Å². The Hall–Kier alpha value is -2.07. The highest BCUT2D eigenvalue weighted by molar-refractivity contribution is 7.80. The Kier molecular flexibility index (Phi) is 5.70. The molecule has 1 aliphatic heterocycles. The SMILES string of the molecule is COc1cc(C(=S)N2CCCCC2)ccc1OCc1ccccc1. The summed E-state index contributed by atoms with van der Waals surface area (Å²) in [6.07, 6.45) is 3.74. The van der Waals surface area contributed by atoms with Gasteiger partial charge >= 0.3 is 0 Å². The van der Waals surface area contributed by atoms with Crippen molar-refractivity contribution in [2.45, 2.75) is 25.9 Å². The second-order valence-corrected chi connectivity index (χ2v) is 6.38. The molecule has 0 aromatic heterocycles. The summed E-state index contributed by atoms with van der Waals surface area (Å²) in [6, 6.07) is 16.1. The molecule has 0 aliphatic carbocycles. The first kappa shape index (κ1) is 16.8. The minimum absolute atomic E-state index is 0.521. The highest BCUT2D eigenvalue weighted by Gasteiger charge is 2.16. The maximum atomic E-state index is 5.91. The Morgan fingerprint density at radius 3 is 2.46 bits per heavy atom. The fraction of sp³-hybridized carbons (Fsp3) is 0.350. The van der Waals surface area contributed by atoms with Crippen molar-refractivity contribution in [3.8, 4) is 11.5 Å². The topological polar surface area (TPSA) is 21.7 Å². The predicted octanol–water partition coefficient (Wildman–Crippen LogP) is 4.44. The number of benzene rings is 2. The van der Waals surface area contributed by atoms with Gasteiger partial charge in [0, 0.05) is 18.7 Å². The Bertz CT molecular complexity index is 681. The van der Waals surface area contributed by atoms with E-state index in [1.54, 1.807) is 7.11 Å². The van der Waals surface area contributed by atoms with Crippen molar-refractivity contribution in [1.29, 1.82) is 0 Å². The van der Waals surface area contributed by atoms with Gasteiger partial charge in [-0.25, -0.2) is 0 Å². The Morgan fingerprint density at radius 2 is 1.75 bits per heavy atom. The molecule has 126 valence electrons. The third-order valence-corrected chi connectivity index (χ3v) is 4.78. The fourth-order valence-electron chi connectivity index (χ4n) is 2.93. The van der Waals surface area contributed by atoms with Gasteiger partial charge in [0.2, 0.25) is 0 Å². The maximum Gasteiger partial charge on any atom is 0.161 e. The molecule has 4 heteroatoms. The number of piperidine rings is 1. The van der Waals surface area contributed by atoms with Crippen LogP contribution in [-0.4, -0.2) is 30.1 Å². The van der Waals surface area contributed by atoms with Crippen LogP contribution in [0.25, 0.3) is 0 Å². The van der Waals surface area contributed by atoms with E-state index in [1.165, 1.54) is 19.3 Å². The summed E-state index contributed by atoms with van der Waals surface area (Å²) in [6.45, 7) is 2.62. The van der Waals surface area contributed by atoms with Gasteiger partial charge in [-0.15, -0.1) is 0 Å². The Labute approximate surface area is 149 Å². The zero-order chi connectivity index (χ0) is 16.8. The Morgan fingerprint density at radius 1 is 1.00 bits per heavy atom.